The Hall–Kier alpha value is -2.83. The summed E-state index contributed by atoms with van der Waals surface area (Å²) < 4.78 is 11.7. The van der Waals surface area contributed by atoms with Crippen molar-refractivity contribution in [2.24, 2.45) is 7.05 Å². The Morgan fingerprint density at radius 3 is 2.50 bits per heavy atom. The van der Waals surface area contributed by atoms with Crippen molar-refractivity contribution in [3.8, 4) is 0 Å². The number of para-hydroxylation sites is 1. The second-order valence-corrected chi connectivity index (χ2v) is 5.79. The molecule has 1 N–H and O–H groups in total. The van der Waals surface area contributed by atoms with E-state index in [2.05, 4.69) is 5.32 Å². The summed E-state index contributed by atoms with van der Waals surface area (Å²) >= 11 is 0. The van der Waals surface area contributed by atoms with Gasteiger partial charge in [0.2, 0.25) is 0 Å². The molecule has 0 saturated heterocycles. The summed E-state index contributed by atoms with van der Waals surface area (Å²) in [4.78, 5) is 36.4. The average Bonchev–Trinajstić information content (AvgIpc) is 2.96. The van der Waals surface area contributed by atoms with Gasteiger partial charge in [0.05, 0.1) is 18.8 Å². The molecule has 140 valence electrons. The Labute approximate surface area is 152 Å². The molecule has 0 spiro atoms. The number of carbonyl (C=O) groups excluding carboxylic acids is 3. The Bertz CT molecular complexity index is 796. The molecular formula is C19H24N2O5. The van der Waals surface area contributed by atoms with Crippen LogP contribution in [-0.2, 0) is 26.1 Å². The lowest BCUT2D eigenvalue weighted by Crippen LogP contribution is -2.42. The second-order valence-electron chi connectivity index (χ2n) is 5.79. The highest BCUT2D eigenvalue weighted by Crippen LogP contribution is 2.20. The van der Waals surface area contributed by atoms with Crippen molar-refractivity contribution in [2.45, 2.75) is 32.7 Å². The second kappa shape index (κ2) is 9.03. The highest BCUT2D eigenvalue weighted by atomic mass is 16.5. The van der Waals surface area contributed by atoms with Crippen LogP contribution >= 0.6 is 0 Å². The fourth-order valence-electron chi connectivity index (χ4n) is 2.75. The van der Waals surface area contributed by atoms with Crippen LogP contribution in [0.15, 0.2) is 30.5 Å². The predicted octanol–water partition coefficient (Wildman–Crippen LogP) is 2.18. The molecule has 0 fully saturated rings. The van der Waals surface area contributed by atoms with E-state index in [0.29, 0.717) is 5.56 Å². The van der Waals surface area contributed by atoms with E-state index in [1.165, 1.54) is 0 Å². The summed E-state index contributed by atoms with van der Waals surface area (Å²) in [7, 11) is 1.85. The van der Waals surface area contributed by atoms with Crippen molar-refractivity contribution < 1.29 is 23.9 Å². The lowest BCUT2D eigenvalue weighted by molar-refractivity contribution is -0.146. The molecule has 1 amide bonds. The van der Waals surface area contributed by atoms with Crippen molar-refractivity contribution in [1.29, 1.82) is 0 Å². The summed E-state index contributed by atoms with van der Waals surface area (Å²) in [6.07, 6.45) is 1.86. The molecule has 26 heavy (non-hydrogen) atoms. The number of hydrogen-bond donors (Lipinski definition) is 1. The number of esters is 2. The quantitative estimate of drug-likeness (QED) is 0.729. The fraction of sp³-hybridized carbons (Fsp3) is 0.421. The maximum Gasteiger partial charge on any atom is 0.328 e. The summed E-state index contributed by atoms with van der Waals surface area (Å²) in [5, 5.41) is 3.48. The van der Waals surface area contributed by atoms with E-state index in [1.807, 2.05) is 35.9 Å². The van der Waals surface area contributed by atoms with Gasteiger partial charge in [-0.2, -0.15) is 0 Å². The third-order valence-electron chi connectivity index (χ3n) is 3.96. The average molecular weight is 360 g/mol. The minimum atomic E-state index is -0.911. The van der Waals surface area contributed by atoms with Crippen LogP contribution in [0.1, 0.15) is 37.0 Å². The van der Waals surface area contributed by atoms with E-state index < -0.39 is 18.0 Å². The molecule has 0 radical (unpaired) electrons. The molecule has 7 nitrogen and oxygen atoms in total. The van der Waals surface area contributed by atoms with Gasteiger partial charge in [0.25, 0.3) is 5.91 Å². The maximum absolute atomic E-state index is 12.7. The summed E-state index contributed by atoms with van der Waals surface area (Å²) in [6, 6.07) is 6.59. The molecule has 0 aliphatic rings. The zero-order valence-electron chi connectivity index (χ0n) is 15.3. The topological polar surface area (TPSA) is 86.6 Å². The minimum Gasteiger partial charge on any atom is -0.466 e. The van der Waals surface area contributed by atoms with Gasteiger partial charge >= 0.3 is 11.9 Å². The molecule has 0 aliphatic carbocycles. The number of carbonyl (C=O) groups is 3. The van der Waals surface area contributed by atoms with Crippen LogP contribution < -0.4 is 5.32 Å². The van der Waals surface area contributed by atoms with E-state index >= 15 is 0 Å². The molecule has 2 rings (SSSR count). The molecule has 7 heteroatoms. The van der Waals surface area contributed by atoms with E-state index in [0.717, 1.165) is 10.9 Å². The van der Waals surface area contributed by atoms with Gasteiger partial charge in [0.1, 0.15) is 6.04 Å². The van der Waals surface area contributed by atoms with Crippen LogP contribution in [0.5, 0.6) is 0 Å². The van der Waals surface area contributed by atoms with Crippen molar-refractivity contribution in [1.82, 2.24) is 9.88 Å². The highest BCUT2D eigenvalue weighted by molar-refractivity contribution is 6.08. The Balaban J connectivity index is 2.16. The largest absolute Gasteiger partial charge is 0.466 e. The number of aryl methyl sites for hydroxylation is 1. The van der Waals surface area contributed by atoms with Crippen molar-refractivity contribution in [3.05, 3.63) is 36.0 Å². The van der Waals surface area contributed by atoms with Crippen LogP contribution in [0, 0.1) is 0 Å². The number of ether oxygens (including phenoxy) is 2. The zero-order valence-corrected chi connectivity index (χ0v) is 15.3. The Morgan fingerprint density at radius 1 is 1.12 bits per heavy atom. The number of nitrogens with zero attached hydrogens (tertiary/aromatic N) is 1. The zero-order chi connectivity index (χ0) is 19.1. The smallest absolute Gasteiger partial charge is 0.328 e. The number of rotatable bonds is 8. The normalized spacial score (nSPS) is 11.8. The van der Waals surface area contributed by atoms with E-state index in [9.17, 15) is 14.4 Å². The van der Waals surface area contributed by atoms with Gasteiger partial charge < -0.3 is 19.4 Å². The van der Waals surface area contributed by atoms with Crippen molar-refractivity contribution in [2.75, 3.05) is 13.2 Å². The Kier molecular flexibility index (Phi) is 6.77. The van der Waals surface area contributed by atoms with Gasteiger partial charge in [0.15, 0.2) is 0 Å². The van der Waals surface area contributed by atoms with E-state index in [4.69, 9.17) is 9.47 Å². The third kappa shape index (κ3) is 4.62. The first-order valence-corrected chi connectivity index (χ1v) is 8.65. The molecule has 1 atom stereocenters. The number of fused-ring (bicyclic) bond motifs is 1. The summed E-state index contributed by atoms with van der Waals surface area (Å²) in [5.74, 6) is -1.37. The van der Waals surface area contributed by atoms with E-state index in [-0.39, 0.29) is 32.0 Å². The van der Waals surface area contributed by atoms with E-state index in [1.54, 1.807) is 20.0 Å². The molecule has 1 aromatic heterocycles. The molecule has 0 bridgehead atoms. The SMILES string of the molecule is CCOC(=O)CC[C@H](NC(=O)c1cn(C)c2ccccc12)C(=O)OCC. The van der Waals surface area contributed by atoms with Gasteiger partial charge in [-0.15, -0.1) is 0 Å². The van der Waals surface area contributed by atoms with Gasteiger partial charge in [-0.1, -0.05) is 18.2 Å². The molecule has 0 unspecified atom stereocenters. The highest BCUT2D eigenvalue weighted by Gasteiger charge is 2.25. The van der Waals surface area contributed by atoms with Gasteiger partial charge in [-0.3, -0.25) is 9.59 Å². The van der Waals surface area contributed by atoms with Gasteiger partial charge in [-0.25, -0.2) is 4.79 Å². The van der Waals surface area contributed by atoms with Gasteiger partial charge in [0, 0.05) is 30.6 Å². The lowest BCUT2D eigenvalue weighted by Gasteiger charge is -2.16. The van der Waals surface area contributed by atoms with Crippen molar-refractivity contribution in [3.63, 3.8) is 0 Å². The standard InChI is InChI=1S/C19H24N2O5/c1-4-25-17(22)11-10-15(19(24)26-5-2)20-18(23)14-12-21(3)16-9-7-6-8-13(14)16/h6-9,12,15H,4-5,10-11H2,1-3H3,(H,20,23)/t15-/m0/s1. The molecule has 1 heterocycles. The molecule has 0 saturated carbocycles. The third-order valence-corrected chi connectivity index (χ3v) is 3.96. The van der Waals surface area contributed by atoms with Crippen LogP contribution in [0.4, 0.5) is 0 Å². The first-order valence-electron chi connectivity index (χ1n) is 8.65. The van der Waals surface area contributed by atoms with Crippen LogP contribution in [0.2, 0.25) is 0 Å². The Morgan fingerprint density at radius 2 is 1.81 bits per heavy atom. The molecular weight excluding hydrogens is 336 g/mol. The predicted molar refractivity (Wildman–Crippen MR) is 96.7 cm³/mol. The van der Waals surface area contributed by atoms with Crippen LogP contribution in [0.3, 0.4) is 0 Å². The number of benzene rings is 1. The number of nitrogens with one attached hydrogen (secondary N) is 1. The fourth-order valence-corrected chi connectivity index (χ4v) is 2.75. The summed E-state index contributed by atoms with van der Waals surface area (Å²) in [6.45, 7) is 3.86. The summed E-state index contributed by atoms with van der Waals surface area (Å²) in [5.41, 5.74) is 1.38. The minimum absolute atomic E-state index is 0.0210. The number of amides is 1. The first kappa shape index (κ1) is 19.5. The monoisotopic (exact) mass is 360 g/mol. The first-order chi connectivity index (χ1) is 12.5. The molecule has 2 aromatic rings. The lowest BCUT2D eigenvalue weighted by atomic mass is 10.1. The number of hydrogen-bond acceptors (Lipinski definition) is 5. The maximum atomic E-state index is 12.7. The van der Waals surface area contributed by atoms with Crippen LogP contribution in [-0.4, -0.2) is 41.7 Å². The molecule has 0 aliphatic heterocycles. The number of aromatic nitrogens is 1. The van der Waals surface area contributed by atoms with Crippen LogP contribution in [0.25, 0.3) is 10.9 Å². The molecule has 1 aromatic carbocycles. The van der Waals surface area contributed by atoms with Gasteiger partial charge in [-0.05, 0) is 26.3 Å². The van der Waals surface area contributed by atoms with Crippen molar-refractivity contribution >= 4 is 28.7 Å².